The largest absolute Gasteiger partial charge is 0.478 e. The molecule has 0 aromatic heterocycles. The number of carbonyl (C=O) groups is 2. The van der Waals surface area contributed by atoms with E-state index < -0.39 is 21.9 Å². The molecule has 1 amide bonds. The minimum Gasteiger partial charge on any atom is -0.478 e. The lowest BCUT2D eigenvalue weighted by Gasteiger charge is -2.08. The van der Waals surface area contributed by atoms with Gasteiger partial charge in [-0.15, -0.1) is 0 Å². The van der Waals surface area contributed by atoms with Gasteiger partial charge in [0.1, 0.15) is 4.90 Å². The third kappa shape index (κ3) is 4.19. The number of carbonyl (C=O) groups excluding carboxylic acids is 1. The Morgan fingerprint density at radius 2 is 2.00 bits per heavy atom. The van der Waals surface area contributed by atoms with Crippen LogP contribution in [0, 0.1) is 0 Å². The molecule has 4 N–H and O–H groups in total. The Bertz CT molecular complexity index is 614. The Hall–Kier alpha value is -1.64. The average molecular weight is 307 g/mol. The van der Waals surface area contributed by atoms with Gasteiger partial charge in [-0.05, 0) is 18.2 Å². The molecule has 0 saturated heterocycles. The zero-order valence-corrected chi connectivity index (χ0v) is 11.2. The number of carboxylic acid groups (broad SMARTS) is 1. The van der Waals surface area contributed by atoms with E-state index in [-0.39, 0.29) is 28.4 Å². The summed E-state index contributed by atoms with van der Waals surface area (Å²) in [5.74, 6) is -1.93. The molecule has 1 aromatic rings. The van der Waals surface area contributed by atoms with Crippen molar-refractivity contribution in [1.82, 2.24) is 4.72 Å². The fourth-order valence-electron chi connectivity index (χ4n) is 1.23. The second-order valence-electron chi connectivity index (χ2n) is 3.56. The van der Waals surface area contributed by atoms with Crippen molar-refractivity contribution < 1.29 is 23.1 Å². The van der Waals surface area contributed by atoms with Crippen molar-refractivity contribution in [2.45, 2.75) is 11.3 Å². The van der Waals surface area contributed by atoms with Crippen LogP contribution in [0.2, 0.25) is 5.02 Å². The minimum atomic E-state index is -4.00. The van der Waals surface area contributed by atoms with Crippen molar-refractivity contribution in [1.29, 1.82) is 0 Å². The van der Waals surface area contributed by atoms with Crippen LogP contribution in [0.25, 0.3) is 0 Å². The van der Waals surface area contributed by atoms with Gasteiger partial charge in [0.25, 0.3) is 0 Å². The fourth-order valence-corrected chi connectivity index (χ4v) is 2.78. The molecule has 0 aliphatic heterocycles. The van der Waals surface area contributed by atoms with Crippen molar-refractivity contribution in [3.63, 3.8) is 0 Å². The molecule has 0 aliphatic carbocycles. The second-order valence-corrected chi connectivity index (χ2v) is 5.71. The van der Waals surface area contributed by atoms with E-state index in [9.17, 15) is 18.0 Å². The molecule has 1 aromatic carbocycles. The number of nitrogens with two attached hydrogens (primary N) is 1. The van der Waals surface area contributed by atoms with Crippen molar-refractivity contribution in [2.75, 3.05) is 6.54 Å². The van der Waals surface area contributed by atoms with Gasteiger partial charge in [-0.3, -0.25) is 4.79 Å². The molecule has 104 valence electrons. The highest BCUT2D eigenvalue weighted by Gasteiger charge is 2.19. The van der Waals surface area contributed by atoms with E-state index in [1.54, 1.807) is 0 Å². The highest BCUT2D eigenvalue weighted by Crippen LogP contribution is 2.22. The van der Waals surface area contributed by atoms with Crippen LogP contribution in [-0.2, 0) is 14.8 Å². The first-order valence-electron chi connectivity index (χ1n) is 5.05. The van der Waals surface area contributed by atoms with Gasteiger partial charge < -0.3 is 10.8 Å². The summed E-state index contributed by atoms with van der Waals surface area (Å²) in [4.78, 5) is 20.9. The van der Waals surface area contributed by atoms with E-state index in [0.29, 0.717) is 0 Å². The second kappa shape index (κ2) is 6.00. The molecule has 0 heterocycles. The van der Waals surface area contributed by atoms with E-state index in [1.165, 1.54) is 12.1 Å². The third-order valence-electron chi connectivity index (χ3n) is 2.13. The number of rotatable bonds is 6. The molecule has 1 rings (SSSR count). The van der Waals surface area contributed by atoms with Gasteiger partial charge in [-0.2, -0.15) is 0 Å². The van der Waals surface area contributed by atoms with Crippen LogP contribution < -0.4 is 10.5 Å². The molecule has 19 heavy (non-hydrogen) atoms. The number of hydrogen-bond donors (Lipinski definition) is 3. The molecule has 0 fully saturated rings. The summed E-state index contributed by atoms with van der Waals surface area (Å²) in [5, 5.41) is 8.68. The summed E-state index contributed by atoms with van der Waals surface area (Å²) in [6, 6.07) is 3.30. The molecule has 9 heteroatoms. The quantitative estimate of drug-likeness (QED) is 0.691. The SMILES string of the molecule is NC(=O)CCNS(=O)(=O)c1cc(C(=O)O)ccc1Cl. The number of hydrogen-bond acceptors (Lipinski definition) is 4. The Balaban J connectivity index is 3.03. The first kappa shape index (κ1) is 15.4. The van der Waals surface area contributed by atoms with Crippen LogP contribution in [0.4, 0.5) is 0 Å². The fraction of sp³-hybridized carbons (Fsp3) is 0.200. The number of benzene rings is 1. The summed E-state index contributed by atoms with van der Waals surface area (Å²) in [7, 11) is -4.00. The lowest BCUT2D eigenvalue weighted by atomic mass is 10.2. The predicted molar refractivity (Wildman–Crippen MR) is 67.4 cm³/mol. The molecule has 0 spiro atoms. The van der Waals surface area contributed by atoms with Gasteiger partial charge in [-0.25, -0.2) is 17.9 Å². The Labute approximate surface area is 114 Å². The number of sulfonamides is 1. The molecule has 0 atom stereocenters. The molecule has 7 nitrogen and oxygen atoms in total. The van der Waals surface area contributed by atoms with E-state index in [1.807, 2.05) is 0 Å². The van der Waals surface area contributed by atoms with Crippen molar-refractivity contribution in [3.8, 4) is 0 Å². The summed E-state index contributed by atoms with van der Waals surface area (Å²) in [5.41, 5.74) is 4.67. The normalized spacial score (nSPS) is 11.2. The number of primary amides is 1. The number of amides is 1. The van der Waals surface area contributed by atoms with Crippen molar-refractivity contribution >= 4 is 33.5 Å². The Kier molecular flexibility index (Phi) is 4.87. The van der Waals surface area contributed by atoms with E-state index in [4.69, 9.17) is 22.4 Å². The Morgan fingerprint density at radius 1 is 1.37 bits per heavy atom. The van der Waals surface area contributed by atoms with Crippen LogP contribution in [0.15, 0.2) is 23.1 Å². The topological polar surface area (TPSA) is 127 Å². The first-order chi connectivity index (χ1) is 8.74. The molecule has 0 bridgehead atoms. The highest BCUT2D eigenvalue weighted by atomic mass is 35.5. The third-order valence-corrected chi connectivity index (χ3v) is 4.07. The maximum Gasteiger partial charge on any atom is 0.335 e. The maximum atomic E-state index is 11.9. The number of aromatic carboxylic acids is 1. The summed E-state index contributed by atoms with van der Waals surface area (Å²) in [6.45, 7) is -0.189. The first-order valence-corrected chi connectivity index (χ1v) is 6.91. The van der Waals surface area contributed by atoms with Gasteiger partial charge in [0.05, 0.1) is 10.6 Å². The van der Waals surface area contributed by atoms with Crippen LogP contribution in [0.3, 0.4) is 0 Å². The molecule has 0 radical (unpaired) electrons. The van der Waals surface area contributed by atoms with Crippen LogP contribution in [-0.4, -0.2) is 31.9 Å². The lowest BCUT2D eigenvalue weighted by molar-refractivity contribution is -0.117. The molecule has 0 aliphatic rings. The minimum absolute atomic E-state index is 0.114. The summed E-state index contributed by atoms with van der Waals surface area (Å²) in [6.07, 6.45) is -0.171. The van der Waals surface area contributed by atoms with Gasteiger partial charge in [0.2, 0.25) is 15.9 Å². The molecule has 0 unspecified atom stereocenters. The lowest BCUT2D eigenvalue weighted by Crippen LogP contribution is -2.28. The van der Waals surface area contributed by atoms with Gasteiger partial charge in [0, 0.05) is 13.0 Å². The average Bonchev–Trinajstić information content (AvgIpc) is 2.28. The standard InChI is InChI=1S/C10H11ClN2O5S/c11-7-2-1-6(10(15)16)5-8(7)19(17,18)13-4-3-9(12)14/h1-2,5,13H,3-4H2,(H2,12,14)(H,15,16). The van der Waals surface area contributed by atoms with Crippen LogP contribution in [0.1, 0.15) is 16.8 Å². The molecular formula is C10H11ClN2O5S. The number of halogens is 1. The van der Waals surface area contributed by atoms with Crippen molar-refractivity contribution in [2.24, 2.45) is 5.73 Å². The van der Waals surface area contributed by atoms with E-state index in [2.05, 4.69) is 4.72 Å². The highest BCUT2D eigenvalue weighted by molar-refractivity contribution is 7.89. The van der Waals surface area contributed by atoms with Crippen molar-refractivity contribution in [3.05, 3.63) is 28.8 Å². The zero-order chi connectivity index (χ0) is 14.6. The van der Waals surface area contributed by atoms with Gasteiger partial charge in [-0.1, -0.05) is 11.6 Å². The zero-order valence-electron chi connectivity index (χ0n) is 9.59. The van der Waals surface area contributed by atoms with Gasteiger partial charge >= 0.3 is 5.97 Å². The van der Waals surface area contributed by atoms with Gasteiger partial charge in [0.15, 0.2) is 0 Å². The summed E-state index contributed by atoms with van der Waals surface area (Å²) < 4.78 is 25.8. The number of nitrogens with one attached hydrogen (secondary N) is 1. The van der Waals surface area contributed by atoms with Crippen LogP contribution >= 0.6 is 11.6 Å². The van der Waals surface area contributed by atoms with Crippen LogP contribution in [0.5, 0.6) is 0 Å². The van der Waals surface area contributed by atoms with E-state index >= 15 is 0 Å². The number of carboxylic acids is 1. The Morgan fingerprint density at radius 3 is 2.53 bits per heavy atom. The monoisotopic (exact) mass is 306 g/mol. The predicted octanol–water partition coefficient (Wildman–Crippen LogP) is 0.192. The molecule has 0 saturated carbocycles. The maximum absolute atomic E-state index is 11.9. The van der Waals surface area contributed by atoms with E-state index in [0.717, 1.165) is 6.07 Å². The smallest absolute Gasteiger partial charge is 0.335 e. The summed E-state index contributed by atoms with van der Waals surface area (Å²) >= 11 is 5.72. The molecular weight excluding hydrogens is 296 g/mol.